The van der Waals surface area contributed by atoms with Crippen molar-refractivity contribution in [2.45, 2.75) is 6.54 Å². The van der Waals surface area contributed by atoms with E-state index in [1.165, 1.54) is 6.07 Å². The fourth-order valence-electron chi connectivity index (χ4n) is 0.859. The Balaban J connectivity index is 2.78. The van der Waals surface area contributed by atoms with Gasteiger partial charge in [-0.1, -0.05) is 6.07 Å². The molecular formula is C8H9FN2O. The molecule has 0 aliphatic heterocycles. The Hall–Kier alpha value is -1.58. The van der Waals surface area contributed by atoms with Gasteiger partial charge in [-0.3, -0.25) is 4.79 Å². The predicted octanol–water partition coefficient (Wildman–Crippen LogP) is 0.654. The zero-order valence-corrected chi connectivity index (χ0v) is 6.38. The maximum Gasteiger partial charge on any atom is 0.207 e. The van der Waals surface area contributed by atoms with Crippen LogP contribution in [0.5, 0.6) is 0 Å². The van der Waals surface area contributed by atoms with E-state index in [0.717, 1.165) is 0 Å². The van der Waals surface area contributed by atoms with Gasteiger partial charge in [0.1, 0.15) is 5.82 Å². The molecule has 0 aliphatic carbocycles. The molecule has 4 heteroatoms. The van der Waals surface area contributed by atoms with Gasteiger partial charge in [0.25, 0.3) is 0 Å². The number of hydrogen-bond acceptors (Lipinski definition) is 2. The lowest BCUT2D eigenvalue weighted by molar-refractivity contribution is -0.109. The molecule has 0 fully saturated rings. The van der Waals surface area contributed by atoms with E-state index in [-0.39, 0.29) is 6.54 Å². The van der Waals surface area contributed by atoms with Gasteiger partial charge in [0, 0.05) is 17.8 Å². The van der Waals surface area contributed by atoms with Crippen LogP contribution in [0.2, 0.25) is 0 Å². The third-order valence-electron chi connectivity index (χ3n) is 1.45. The van der Waals surface area contributed by atoms with Crippen molar-refractivity contribution in [1.29, 1.82) is 0 Å². The van der Waals surface area contributed by atoms with Crippen molar-refractivity contribution in [3.05, 3.63) is 29.6 Å². The highest BCUT2D eigenvalue weighted by atomic mass is 19.1. The third kappa shape index (κ3) is 1.95. The van der Waals surface area contributed by atoms with E-state index in [4.69, 9.17) is 5.73 Å². The molecule has 1 rings (SSSR count). The third-order valence-corrected chi connectivity index (χ3v) is 1.45. The lowest BCUT2D eigenvalue weighted by atomic mass is 10.2. The summed E-state index contributed by atoms with van der Waals surface area (Å²) in [5, 5.41) is 2.36. The Bertz CT molecular complexity index is 288. The molecule has 0 atom stereocenters. The fourth-order valence-corrected chi connectivity index (χ4v) is 0.859. The Morgan fingerprint density at radius 3 is 2.92 bits per heavy atom. The summed E-state index contributed by atoms with van der Waals surface area (Å²) < 4.78 is 12.9. The molecule has 0 radical (unpaired) electrons. The van der Waals surface area contributed by atoms with Gasteiger partial charge in [-0.25, -0.2) is 4.39 Å². The first kappa shape index (κ1) is 8.52. The molecule has 0 aliphatic rings. The number of benzene rings is 1. The van der Waals surface area contributed by atoms with Crippen molar-refractivity contribution in [3.8, 4) is 0 Å². The second-order valence-corrected chi connectivity index (χ2v) is 2.35. The topological polar surface area (TPSA) is 55.1 Å². The Morgan fingerprint density at radius 2 is 2.33 bits per heavy atom. The molecule has 0 bridgehead atoms. The van der Waals surface area contributed by atoms with Gasteiger partial charge in [0.05, 0.1) is 0 Å². The first-order valence-corrected chi connectivity index (χ1v) is 3.45. The molecule has 0 spiro atoms. The molecule has 1 amide bonds. The van der Waals surface area contributed by atoms with E-state index >= 15 is 0 Å². The normalized spacial score (nSPS) is 9.42. The molecule has 1 aromatic rings. The molecule has 3 N–H and O–H groups in total. The summed E-state index contributed by atoms with van der Waals surface area (Å²) in [7, 11) is 0. The predicted molar refractivity (Wildman–Crippen MR) is 43.7 cm³/mol. The maximum atomic E-state index is 12.9. The minimum Gasteiger partial charge on any atom is -0.399 e. The van der Waals surface area contributed by atoms with Crippen LogP contribution in [0.3, 0.4) is 0 Å². The number of halogens is 1. The molecule has 0 unspecified atom stereocenters. The van der Waals surface area contributed by atoms with E-state index in [0.29, 0.717) is 17.7 Å². The highest BCUT2D eigenvalue weighted by Gasteiger charge is 2.00. The van der Waals surface area contributed by atoms with Gasteiger partial charge in [-0.2, -0.15) is 0 Å². The number of carbonyl (C=O) groups excluding carboxylic acids is 1. The number of anilines is 1. The molecule has 0 saturated carbocycles. The highest BCUT2D eigenvalue weighted by molar-refractivity contribution is 5.47. The number of amides is 1. The van der Waals surface area contributed by atoms with Gasteiger partial charge in [-0.15, -0.1) is 0 Å². The summed E-state index contributed by atoms with van der Waals surface area (Å²) in [4.78, 5) is 9.90. The lowest BCUT2D eigenvalue weighted by Crippen LogP contribution is -2.11. The number of hydrogen-bond donors (Lipinski definition) is 2. The summed E-state index contributed by atoms with van der Waals surface area (Å²) in [5.41, 5.74) is 6.13. The zero-order valence-electron chi connectivity index (χ0n) is 6.38. The van der Waals surface area contributed by atoms with Crippen molar-refractivity contribution in [2.24, 2.45) is 0 Å². The van der Waals surface area contributed by atoms with Crippen LogP contribution in [-0.4, -0.2) is 6.41 Å². The Labute approximate surface area is 69.4 Å². The molecule has 0 heterocycles. The van der Waals surface area contributed by atoms with Crippen LogP contribution in [0.1, 0.15) is 5.56 Å². The quantitative estimate of drug-likeness (QED) is 0.514. The molecule has 1 aromatic carbocycles. The molecule has 0 saturated heterocycles. The second kappa shape index (κ2) is 3.71. The molecule has 12 heavy (non-hydrogen) atoms. The van der Waals surface area contributed by atoms with Crippen LogP contribution >= 0.6 is 0 Å². The van der Waals surface area contributed by atoms with Crippen molar-refractivity contribution in [2.75, 3.05) is 5.73 Å². The van der Waals surface area contributed by atoms with Gasteiger partial charge in [0.15, 0.2) is 0 Å². The average molecular weight is 168 g/mol. The summed E-state index contributed by atoms with van der Waals surface area (Å²) in [6.07, 6.45) is 0.524. The van der Waals surface area contributed by atoms with E-state index in [1.807, 2.05) is 0 Å². The summed E-state index contributed by atoms with van der Waals surface area (Å²) in [6.45, 7) is 0.190. The number of nitrogen functional groups attached to an aromatic ring is 1. The Morgan fingerprint density at radius 1 is 1.58 bits per heavy atom. The summed E-state index contributed by atoms with van der Waals surface area (Å²) >= 11 is 0. The number of nitrogens with two attached hydrogens (primary N) is 1. The van der Waals surface area contributed by atoms with Crippen LogP contribution in [0, 0.1) is 5.82 Å². The summed E-state index contributed by atoms with van der Waals surface area (Å²) in [6, 6.07) is 4.36. The standard InChI is InChI=1S/C8H9FN2O/c9-8-3-7(10)2-1-6(8)4-11-5-12/h1-3,5H,4,10H2,(H,11,12). The Kier molecular flexibility index (Phi) is 2.63. The van der Waals surface area contributed by atoms with Crippen LogP contribution in [0.4, 0.5) is 10.1 Å². The minimum absolute atomic E-state index is 0.190. The SMILES string of the molecule is Nc1ccc(CNC=O)c(F)c1. The molecule has 64 valence electrons. The largest absolute Gasteiger partial charge is 0.399 e. The monoisotopic (exact) mass is 168 g/mol. The summed E-state index contributed by atoms with van der Waals surface area (Å²) in [5.74, 6) is -0.399. The molecule has 3 nitrogen and oxygen atoms in total. The molecule has 0 aromatic heterocycles. The van der Waals surface area contributed by atoms with Crippen molar-refractivity contribution >= 4 is 12.1 Å². The van der Waals surface area contributed by atoms with E-state index in [1.54, 1.807) is 12.1 Å². The molecular weight excluding hydrogens is 159 g/mol. The van der Waals surface area contributed by atoms with Crippen LogP contribution in [-0.2, 0) is 11.3 Å². The van der Waals surface area contributed by atoms with Gasteiger partial charge < -0.3 is 11.1 Å². The number of rotatable bonds is 3. The highest BCUT2D eigenvalue weighted by Crippen LogP contribution is 2.10. The van der Waals surface area contributed by atoms with Gasteiger partial charge in [0.2, 0.25) is 6.41 Å². The smallest absolute Gasteiger partial charge is 0.207 e. The van der Waals surface area contributed by atoms with Crippen molar-refractivity contribution in [3.63, 3.8) is 0 Å². The van der Waals surface area contributed by atoms with E-state index in [2.05, 4.69) is 5.32 Å². The van der Waals surface area contributed by atoms with Crippen molar-refractivity contribution in [1.82, 2.24) is 5.32 Å². The first-order chi connectivity index (χ1) is 5.74. The van der Waals surface area contributed by atoms with E-state index < -0.39 is 5.82 Å². The van der Waals surface area contributed by atoms with Crippen molar-refractivity contribution < 1.29 is 9.18 Å². The zero-order chi connectivity index (χ0) is 8.97. The van der Waals surface area contributed by atoms with Crippen LogP contribution in [0.15, 0.2) is 18.2 Å². The fraction of sp³-hybridized carbons (Fsp3) is 0.125. The second-order valence-electron chi connectivity index (χ2n) is 2.35. The van der Waals surface area contributed by atoms with Gasteiger partial charge >= 0.3 is 0 Å². The average Bonchev–Trinajstić information content (AvgIpc) is 2.03. The van der Waals surface area contributed by atoms with Gasteiger partial charge in [-0.05, 0) is 12.1 Å². The van der Waals surface area contributed by atoms with Crippen LogP contribution < -0.4 is 11.1 Å². The van der Waals surface area contributed by atoms with Crippen LogP contribution in [0.25, 0.3) is 0 Å². The maximum absolute atomic E-state index is 12.9. The lowest BCUT2D eigenvalue weighted by Gasteiger charge is -2.01. The number of carbonyl (C=O) groups is 1. The minimum atomic E-state index is -0.399. The van der Waals surface area contributed by atoms with E-state index in [9.17, 15) is 9.18 Å². The first-order valence-electron chi connectivity index (χ1n) is 3.45. The number of nitrogens with one attached hydrogen (secondary N) is 1.